The third kappa shape index (κ3) is 4.51. The van der Waals surface area contributed by atoms with Gasteiger partial charge in [-0.2, -0.15) is 0 Å². The molecule has 0 unspecified atom stereocenters. The number of aryl methyl sites for hydroxylation is 1. The molecule has 0 atom stereocenters. The summed E-state index contributed by atoms with van der Waals surface area (Å²) in [6.07, 6.45) is 0. The van der Waals surface area contributed by atoms with Gasteiger partial charge in [-0.3, -0.25) is 10.1 Å². The third-order valence-corrected chi connectivity index (χ3v) is 3.92. The Kier molecular flexibility index (Phi) is 6.81. The number of hydrogen-bond acceptors (Lipinski definition) is 7. The number of rotatable bonds is 7. The summed E-state index contributed by atoms with van der Waals surface area (Å²) >= 11 is 0. The minimum atomic E-state index is -0.777. The minimum absolute atomic E-state index is 0.0569. The molecule has 2 rings (SSSR count). The Morgan fingerprint density at radius 2 is 1.50 bits per heavy atom. The van der Waals surface area contributed by atoms with E-state index < -0.39 is 17.8 Å². The second-order valence-electron chi connectivity index (χ2n) is 6.07. The lowest BCUT2D eigenvalue weighted by Crippen LogP contribution is -2.17. The largest absolute Gasteiger partial charge is 0.462 e. The van der Waals surface area contributed by atoms with E-state index in [0.29, 0.717) is 5.56 Å². The van der Waals surface area contributed by atoms with Crippen LogP contribution in [-0.2, 0) is 9.47 Å². The van der Waals surface area contributed by atoms with Gasteiger partial charge in [-0.15, -0.1) is 0 Å². The van der Waals surface area contributed by atoms with Crippen molar-refractivity contribution in [3.63, 3.8) is 0 Å². The SMILES string of the molecule is CCOC(=O)c1c(C)oc(NC(=O)c2ccc(N(C)C)cc2)c1C(=O)OCC. The Hall–Kier alpha value is -3.29. The summed E-state index contributed by atoms with van der Waals surface area (Å²) < 4.78 is 15.5. The van der Waals surface area contributed by atoms with E-state index in [9.17, 15) is 14.4 Å². The quantitative estimate of drug-likeness (QED) is 0.727. The first-order valence-electron chi connectivity index (χ1n) is 8.86. The molecule has 1 aromatic carbocycles. The van der Waals surface area contributed by atoms with Gasteiger partial charge in [-0.25, -0.2) is 9.59 Å². The van der Waals surface area contributed by atoms with E-state index in [0.717, 1.165) is 5.69 Å². The van der Waals surface area contributed by atoms with Crippen molar-refractivity contribution in [1.82, 2.24) is 0 Å². The van der Waals surface area contributed by atoms with Gasteiger partial charge >= 0.3 is 11.9 Å². The summed E-state index contributed by atoms with van der Waals surface area (Å²) in [6, 6.07) is 6.88. The summed E-state index contributed by atoms with van der Waals surface area (Å²) in [4.78, 5) is 39.2. The van der Waals surface area contributed by atoms with Crippen LogP contribution in [-0.4, -0.2) is 45.2 Å². The van der Waals surface area contributed by atoms with Crippen LogP contribution in [0.5, 0.6) is 0 Å². The van der Waals surface area contributed by atoms with Crippen molar-refractivity contribution in [2.24, 2.45) is 0 Å². The van der Waals surface area contributed by atoms with Crippen molar-refractivity contribution in [2.75, 3.05) is 37.5 Å². The number of benzene rings is 1. The summed E-state index contributed by atoms with van der Waals surface area (Å²) in [5.41, 5.74) is 1.09. The minimum Gasteiger partial charge on any atom is -0.462 e. The van der Waals surface area contributed by atoms with Gasteiger partial charge in [-0.05, 0) is 45.0 Å². The number of hydrogen-bond donors (Lipinski definition) is 1. The highest BCUT2D eigenvalue weighted by molar-refractivity contribution is 6.11. The average Bonchev–Trinajstić information content (AvgIpc) is 2.98. The van der Waals surface area contributed by atoms with Gasteiger partial charge in [0.1, 0.15) is 16.9 Å². The van der Waals surface area contributed by atoms with Gasteiger partial charge < -0.3 is 18.8 Å². The fraction of sp³-hybridized carbons (Fsp3) is 0.350. The van der Waals surface area contributed by atoms with Crippen LogP contribution >= 0.6 is 0 Å². The van der Waals surface area contributed by atoms with Gasteiger partial charge in [0.2, 0.25) is 5.88 Å². The topological polar surface area (TPSA) is 98.1 Å². The molecule has 150 valence electrons. The zero-order chi connectivity index (χ0) is 20.8. The molecule has 0 aliphatic carbocycles. The molecule has 0 bridgehead atoms. The summed E-state index contributed by atoms with van der Waals surface area (Å²) in [5, 5.41) is 2.55. The van der Waals surface area contributed by atoms with Crippen molar-refractivity contribution in [3.8, 4) is 0 Å². The molecule has 1 N–H and O–H groups in total. The predicted octanol–water partition coefficient (Wildman–Crippen LogP) is 3.26. The number of anilines is 2. The Morgan fingerprint density at radius 3 is 2.00 bits per heavy atom. The van der Waals surface area contributed by atoms with Crippen molar-refractivity contribution in [2.45, 2.75) is 20.8 Å². The van der Waals surface area contributed by atoms with E-state index in [1.165, 1.54) is 6.92 Å². The Morgan fingerprint density at radius 1 is 0.964 bits per heavy atom. The summed E-state index contributed by atoms with van der Waals surface area (Å²) in [7, 11) is 3.78. The lowest BCUT2D eigenvalue weighted by atomic mass is 10.1. The van der Waals surface area contributed by atoms with Crippen LogP contribution in [0.25, 0.3) is 0 Å². The molecule has 0 saturated carbocycles. The van der Waals surface area contributed by atoms with Gasteiger partial charge in [0.15, 0.2) is 0 Å². The molecule has 2 aromatic rings. The molecular weight excluding hydrogens is 364 g/mol. The number of carbonyl (C=O) groups is 3. The van der Waals surface area contributed by atoms with E-state index in [4.69, 9.17) is 13.9 Å². The van der Waals surface area contributed by atoms with Gasteiger partial charge in [0, 0.05) is 25.3 Å². The second kappa shape index (κ2) is 9.07. The van der Waals surface area contributed by atoms with Crippen LogP contribution in [0.1, 0.15) is 50.7 Å². The fourth-order valence-electron chi connectivity index (χ4n) is 2.57. The summed E-state index contributed by atoms with van der Waals surface area (Å²) in [6.45, 7) is 5.03. The maximum absolute atomic E-state index is 12.6. The molecular formula is C20H24N2O6. The van der Waals surface area contributed by atoms with Crippen LogP contribution in [0.3, 0.4) is 0 Å². The Labute approximate surface area is 163 Å². The van der Waals surface area contributed by atoms with Crippen molar-refractivity contribution >= 4 is 29.4 Å². The summed E-state index contributed by atoms with van der Waals surface area (Å²) in [5.74, 6) is -1.98. The molecule has 8 nitrogen and oxygen atoms in total. The van der Waals surface area contributed by atoms with Crippen molar-refractivity contribution in [3.05, 3.63) is 46.7 Å². The molecule has 1 heterocycles. The van der Waals surface area contributed by atoms with Gasteiger partial charge in [0.05, 0.1) is 13.2 Å². The molecule has 28 heavy (non-hydrogen) atoms. The van der Waals surface area contributed by atoms with Crippen LogP contribution in [0.4, 0.5) is 11.6 Å². The highest BCUT2D eigenvalue weighted by Gasteiger charge is 2.31. The highest BCUT2D eigenvalue weighted by atomic mass is 16.5. The third-order valence-electron chi connectivity index (χ3n) is 3.92. The van der Waals surface area contributed by atoms with E-state index in [2.05, 4.69) is 5.32 Å². The monoisotopic (exact) mass is 388 g/mol. The maximum atomic E-state index is 12.6. The molecule has 1 amide bonds. The average molecular weight is 388 g/mol. The van der Waals surface area contributed by atoms with Crippen molar-refractivity contribution < 1.29 is 28.3 Å². The van der Waals surface area contributed by atoms with E-state index in [1.807, 2.05) is 19.0 Å². The molecule has 0 saturated heterocycles. The predicted molar refractivity (Wildman–Crippen MR) is 104 cm³/mol. The number of amides is 1. The number of esters is 2. The van der Waals surface area contributed by atoms with Gasteiger partial charge in [-0.1, -0.05) is 0 Å². The molecule has 0 fully saturated rings. The van der Waals surface area contributed by atoms with E-state index in [1.54, 1.807) is 38.1 Å². The zero-order valence-electron chi connectivity index (χ0n) is 16.6. The lowest BCUT2D eigenvalue weighted by Gasteiger charge is -2.12. The first-order chi connectivity index (χ1) is 13.3. The number of ether oxygens (including phenoxy) is 2. The normalized spacial score (nSPS) is 10.3. The maximum Gasteiger partial charge on any atom is 0.344 e. The molecule has 0 spiro atoms. The molecule has 1 aromatic heterocycles. The van der Waals surface area contributed by atoms with Gasteiger partial charge in [0.25, 0.3) is 5.91 Å². The molecule has 0 aliphatic rings. The van der Waals surface area contributed by atoms with Crippen molar-refractivity contribution in [1.29, 1.82) is 0 Å². The number of nitrogens with zero attached hydrogens (tertiary/aromatic N) is 1. The standard InChI is InChI=1S/C20H24N2O6/c1-6-26-19(24)15-12(3)28-18(16(15)20(25)27-7-2)21-17(23)13-8-10-14(11-9-13)22(4)5/h8-11H,6-7H2,1-5H3,(H,21,23). The molecule has 0 aliphatic heterocycles. The van der Waals surface area contributed by atoms with Crippen LogP contribution < -0.4 is 10.2 Å². The smallest absolute Gasteiger partial charge is 0.344 e. The zero-order valence-corrected chi connectivity index (χ0v) is 16.6. The first kappa shape index (κ1) is 21.0. The fourth-order valence-corrected chi connectivity index (χ4v) is 2.57. The lowest BCUT2D eigenvalue weighted by molar-refractivity contribution is 0.0480. The van der Waals surface area contributed by atoms with Crippen LogP contribution in [0.15, 0.2) is 28.7 Å². The van der Waals surface area contributed by atoms with Crippen LogP contribution in [0.2, 0.25) is 0 Å². The highest BCUT2D eigenvalue weighted by Crippen LogP contribution is 2.29. The number of carbonyl (C=O) groups excluding carboxylic acids is 3. The van der Waals surface area contributed by atoms with E-state index >= 15 is 0 Å². The molecule has 8 heteroatoms. The number of nitrogens with one attached hydrogen (secondary N) is 1. The molecule has 0 radical (unpaired) electrons. The Balaban J connectivity index is 2.38. The van der Waals surface area contributed by atoms with Crippen LogP contribution in [0, 0.1) is 6.92 Å². The Bertz CT molecular complexity index is 868. The number of furan rings is 1. The first-order valence-corrected chi connectivity index (χ1v) is 8.86. The second-order valence-corrected chi connectivity index (χ2v) is 6.07. The van der Waals surface area contributed by atoms with E-state index in [-0.39, 0.29) is 36.0 Å².